The smallest absolute Gasteiger partial charge is 0.138 e. The standard InChI is InChI=1S/C54H34N2O/c1-3-15-35(16-4-1)39-32-48(36-17-5-2-6-18-36)55-53(34-39)56-49-25-13-12-24-46(49)54(44-22-10-7-19-40(44)41-20-8-11-23-45(41)54)47-29-27-38(33-50(47)56)37-28-30-52-43(31-37)42-21-9-14-26-51(42)57-52/h1-34H. The molecule has 266 valence electrons. The zero-order valence-electron chi connectivity index (χ0n) is 30.9. The first kappa shape index (κ1) is 31.8. The first-order chi connectivity index (χ1) is 28.3. The third-order valence-corrected chi connectivity index (χ3v) is 12.1. The van der Waals surface area contributed by atoms with Gasteiger partial charge in [0.05, 0.1) is 22.5 Å². The van der Waals surface area contributed by atoms with Crippen LogP contribution in [0.3, 0.4) is 0 Å². The molecule has 57 heavy (non-hydrogen) atoms. The van der Waals surface area contributed by atoms with E-state index in [2.05, 4.69) is 199 Å². The van der Waals surface area contributed by atoms with E-state index in [9.17, 15) is 0 Å². The largest absolute Gasteiger partial charge is 0.456 e. The van der Waals surface area contributed by atoms with Gasteiger partial charge >= 0.3 is 0 Å². The number of benzene rings is 8. The maximum absolute atomic E-state index is 6.26. The van der Waals surface area contributed by atoms with Crippen LogP contribution in [0.4, 0.5) is 17.2 Å². The third-order valence-electron chi connectivity index (χ3n) is 12.1. The van der Waals surface area contributed by atoms with Crippen LogP contribution < -0.4 is 4.90 Å². The van der Waals surface area contributed by atoms with Crippen molar-refractivity contribution >= 4 is 39.1 Å². The van der Waals surface area contributed by atoms with Crippen LogP contribution in [0.25, 0.3) is 66.6 Å². The quantitative estimate of drug-likeness (QED) is 0.181. The first-order valence-electron chi connectivity index (χ1n) is 19.5. The number of furan rings is 1. The van der Waals surface area contributed by atoms with Crippen molar-refractivity contribution in [1.82, 2.24) is 4.98 Å². The van der Waals surface area contributed by atoms with Gasteiger partial charge in [-0.25, -0.2) is 4.98 Å². The molecule has 0 fully saturated rings. The van der Waals surface area contributed by atoms with E-state index in [-0.39, 0.29) is 0 Å². The lowest BCUT2D eigenvalue weighted by atomic mass is 9.64. The number of fused-ring (bicyclic) bond motifs is 12. The Morgan fingerprint density at radius 2 is 0.947 bits per heavy atom. The lowest BCUT2D eigenvalue weighted by Crippen LogP contribution is -2.36. The van der Waals surface area contributed by atoms with E-state index in [1.54, 1.807) is 0 Å². The molecule has 2 aliphatic rings. The van der Waals surface area contributed by atoms with Crippen molar-refractivity contribution in [1.29, 1.82) is 0 Å². The van der Waals surface area contributed by atoms with E-state index < -0.39 is 5.41 Å². The van der Waals surface area contributed by atoms with E-state index >= 15 is 0 Å². The molecular weight excluding hydrogens is 693 g/mol. The fourth-order valence-electron chi connectivity index (χ4n) is 9.63. The molecule has 3 heterocycles. The van der Waals surface area contributed by atoms with Gasteiger partial charge in [0.1, 0.15) is 17.0 Å². The van der Waals surface area contributed by atoms with Gasteiger partial charge in [-0.1, -0.05) is 164 Å². The topological polar surface area (TPSA) is 29.3 Å². The molecule has 0 amide bonds. The summed E-state index contributed by atoms with van der Waals surface area (Å²) in [6.45, 7) is 0. The van der Waals surface area contributed by atoms with Gasteiger partial charge in [0, 0.05) is 16.3 Å². The minimum atomic E-state index is -0.543. The van der Waals surface area contributed by atoms with Crippen LogP contribution in [0, 0.1) is 0 Å². The van der Waals surface area contributed by atoms with Crippen LogP contribution in [0.5, 0.6) is 0 Å². The summed E-state index contributed by atoms with van der Waals surface area (Å²) in [5, 5.41) is 2.24. The second-order valence-corrected chi connectivity index (χ2v) is 15.1. The fraction of sp³-hybridized carbons (Fsp3) is 0.0185. The van der Waals surface area contributed by atoms with Gasteiger partial charge < -0.3 is 4.42 Å². The Bertz CT molecular complexity index is 3090. The maximum atomic E-state index is 6.26. The van der Waals surface area contributed by atoms with Gasteiger partial charge in [-0.15, -0.1) is 0 Å². The van der Waals surface area contributed by atoms with Crippen molar-refractivity contribution in [3.05, 3.63) is 229 Å². The molecule has 2 aromatic heterocycles. The van der Waals surface area contributed by atoms with E-state index in [0.29, 0.717) is 0 Å². The number of rotatable bonds is 4. The number of aromatic nitrogens is 1. The van der Waals surface area contributed by atoms with Gasteiger partial charge in [-0.3, -0.25) is 4.90 Å². The number of hydrogen-bond donors (Lipinski definition) is 0. The predicted molar refractivity (Wildman–Crippen MR) is 233 cm³/mol. The van der Waals surface area contributed by atoms with Crippen molar-refractivity contribution in [3.8, 4) is 44.6 Å². The molecule has 0 unspecified atom stereocenters. The molecule has 0 bridgehead atoms. The molecule has 3 nitrogen and oxygen atoms in total. The highest BCUT2D eigenvalue weighted by Crippen LogP contribution is 2.63. The van der Waals surface area contributed by atoms with Crippen LogP contribution in [0.2, 0.25) is 0 Å². The third kappa shape index (κ3) is 4.63. The lowest BCUT2D eigenvalue weighted by molar-refractivity contribution is 0.669. The molecule has 12 rings (SSSR count). The number of pyridine rings is 1. The van der Waals surface area contributed by atoms with E-state index in [0.717, 1.165) is 72.6 Å². The highest BCUT2D eigenvalue weighted by Gasteiger charge is 2.51. The number of para-hydroxylation sites is 2. The van der Waals surface area contributed by atoms with Crippen LogP contribution in [-0.4, -0.2) is 4.98 Å². The summed E-state index contributed by atoms with van der Waals surface area (Å²) in [7, 11) is 0. The summed E-state index contributed by atoms with van der Waals surface area (Å²) in [5.74, 6) is 0.867. The van der Waals surface area contributed by atoms with Crippen molar-refractivity contribution in [2.45, 2.75) is 5.41 Å². The average molecular weight is 727 g/mol. The molecule has 10 aromatic rings. The number of anilines is 3. The van der Waals surface area contributed by atoms with Crippen molar-refractivity contribution in [2.75, 3.05) is 4.90 Å². The number of hydrogen-bond acceptors (Lipinski definition) is 3. The van der Waals surface area contributed by atoms with E-state index in [1.165, 1.54) is 33.4 Å². The highest BCUT2D eigenvalue weighted by molar-refractivity contribution is 6.06. The van der Waals surface area contributed by atoms with Gasteiger partial charge in [-0.2, -0.15) is 0 Å². The van der Waals surface area contributed by atoms with E-state index in [1.807, 2.05) is 12.1 Å². The Morgan fingerprint density at radius 3 is 1.72 bits per heavy atom. The Balaban J connectivity index is 1.17. The first-order valence-corrected chi connectivity index (χ1v) is 19.5. The fourth-order valence-corrected chi connectivity index (χ4v) is 9.63. The van der Waals surface area contributed by atoms with Crippen LogP contribution in [0.1, 0.15) is 22.3 Å². The zero-order chi connectivity index (χ0) is 37.5. The van der Waals surface area contributed by atoms with Gasteiger partial charge in [0.15, 0.2) is 0 Å². The Labute approximate surface area is 330 Å². The number of nitrogens with zero attached hydrogens (tertiary/aromatic N) is 2. The average Bonchev–Trinajstić information content (AvgIpc) is 3.80. The highest BCUT2D eigenvalue weighted by atomic mass is 16.3. The maximum Gasteiger partial charge on any atom is 0.138 e. The van der Waals surface area contributed by atoms with E-state index in [4.69, 9.17) is 9.40 Å². The van der Waals surface area contributed by atoms with Crippen molar-refractivity contribution < 1.29 is 4.42 Å². The predicted octanol–water partition coefficient (Wildman–Crippen LogP) is 14.1. The minimum Gasteiger partial charge on any atom is -0.456 e. The van der Waals surface area contributed by atoms with Crippen molar-refractivity contribution in [2.24, 2.45) is 0 Å². The molecule has 0 saturated heterocycles. The molecule has 0 radical (unpaired) electrons. The zero-order valence-corrected chi connectivity index (χ0v) is 30.9. The Kier molecular flexibility index (Phi) is 6.84. The molecule has 1 aliphatic carbocycles. The summed E-state index contributed by atoms with van der Waals surface area (Å²) < 4.78 is 6.26. The Morgan fingerprint density at radius 1 is 0.368 bits per heavy atom. The second-order valence-electron chi connectivity index (χ2n) is 15.1. The molecule has 0 atom stereocenters. The normalized spacial score (nSPS) is 13.4. The molecule has 0 saturated carbocycles. The van der Waals surface area contributed by atoms with Crippen LogP contribution in [0.15, 0.2) is 211 Å². The SMILES string of the molecule is c1ccc(-c2cc(-c3ccccc3)nc(N3c4ccccc4C4(c5ccccc5-c5ccccc54)c4ccc(-c5ccc6oc7ccccc7c6c5)cc43)c2)cc1. The monoisotopic (exact) mass is 726 g/mol. The van der Waals surface area contributed by atoms with Crippen LogP contribution >= 0.6 is 0 Å². The Hall–Kier alpha value is -7.49. The van der Waals surface area contributed by atoms with Gasteiger partial charge in [0.2, 0.25) is 0 Å². The molecule has 8 aromatic carbocycles. The molecule has 1 aliphatic heterocycles. The molecule has 3 heteroatoms. The van der Waals surface area contributed by atoms with Crippen molar-refractivity contribution in [3.63, 3.8) is 0 Å². The summed E-state index contributed by atoms with van der Waals surface area (Å²) >= 11 is 0. The summed E-state index contributed by atoms with van der Waals surface area (Å²) in [6, 6.07) is 74.5. The lowest BCUT2D eigenvalue weighted by Gasteiger charge is -2.45. The summed E-state index contributed by atoms with van der Waals surface area (Å²) in [6.07, 6.45) is 0. The summed E-state index contributed by atoms with van der Waals surface area (Å²) in [5.41, 5.74) is 17.6. The molecule has 0 N–H and O–H groups in total. The summed E-state index contributed by atoms with van der Waals surface area (Å²) in [4.78, 5) is 7.95. The van der Waals surface area contributed by atoms with Gasteiger partial charge in [-0.05, 0) is 98.1 Å². The second kappa shape index (κ2) is 12.3. The van der Waals surface area contributed by atoms with Gasteiger partial charge in [0.25, 0.3) is 0 Å². The van der Waals surface area contributed by atoms with Crippen LogP contribution in [-0.2, 0) is 5.41 Å². The molecule has 1 spiro atoms. The molecular formula is C54H34N2O. The minimum absolute atomic E-state index is 0.543.